The fraction of sp³-hybridized carbons (Fsp3) is 0.500. The lowest BCUT2D eigenvalue weighted by Crippen LogP contribution is -1.81. The molecule has 0 fully saturated rings. The van der Waals surface area contributed by atoms with E-state index in [0.717, 1.165) is 18.4 Å². The summed E-state index contributed by atoms with van der Waals surface area (Å²) in [7, 11) is 0. The first-order valence-corrected chi connectivity index (χ1v) is 2.38. The van der Waals surface area contributed by atoms with E-state index in [2.05, 4.69) is 13.5 Å². The number of aliphatic hydroxyl groups excluding tert-OH is 1. The van der Waals surface area contributed by atoms with Crippen molar-refractivity contribution in [1.29, 1.82) is 0 Å². The summed E-state index contributed by atoms with van der Waals surface area (Å²) < 4.78 is 0. The van der Waals surface area contributed by atoms with Gasteiger partial charge in [0.1, 0.15) is 0 Å². The Bertz CT molecular complexity index is 57.2. The first-order chi connectivity index (χ1) is 3.27. The molecule has 1 nitrogen and oxygen atoms in total. The summed E-state index contributed by atoms with van der Waals surface area (Å²) in [5.41, 5.74) is 0.897. The van der Waals surface area contributed by atoms with Gasteiger partial charge < -0.3 is 5.11 Å². The zero-order chi connectivity index (χ0) is 5.70. The molecule has 0 aliphatic heterocycles. The molecular formula is C6H11O+. The number of hydrogen-bond donors (Lipinski definition) is 1. The molecule has 0 amide bonds. The molecular weight excluding hydrogens is 88.1 g/mol. The van der Waals surface area contributed by atoms with Crippen LogP contribution in [-0.4, -0.2) is 11.7 Å². The minimum absolute atomic E-state index is 0.245. The zero-order valence-corrected chi connectivity index (χ0v) is 4.48. The molecule has 7 heavy (non-hydrogen) atoms. The third-order valence-corrected chi connectivity index (χ3v) is 0.688. The second-order valence-electron chi connectivity index (χ2n) is 1.58. The molecule has 0 spiro atoms. The van der Waals surface area contributed by atoms with Crippen molar-refractivity contribution < 1.29 is 5.11 Å². The molecule has 0 aromatic carbocycles. The molecule has 0 unspecified atom stereocenters. The van der Waals surface area contributed by atoms with Crippen LogP contribution in [0.5, 0.6) is 0 Å². The van der Waals surface area contributed by atoms with Crippen molar-refractivity contribution in [3.8, 4) is 0 Å². The monoisotopic (exact) mass is 99.1 g/mol. The first kappa shape index (κ1) is 6.57. The Balaban J connectivity index is 2.82. The van der Waals surface area contributed by atoms with E-state index < -0.39 is 0 Å². The fourth-order valence-electron chi connectivity index (χ4n) is 0.329. The maximum absolute atomic E-state index is 8.25. The van der Waals surface area contributed by atoms with Gasteiger partial charge in [0, 0.05) is 26.5 Å². The van der Waals surface area contributed by atoms with E-state index in [4.69, 9.17) is 5.11 Å². The van der Waals surface area contributed by atoms with Gasteiger partial charge in [-0.05, 0) is 6.42 Å². The summed E-state index contributed by atoms with van der Waals surface area (Å²) in [5.74, 6) is 0. The molecule has 0 aliphatic carbocycles. The number of rotatable bonds is 3. The Kier molecular flexibility index (Phi) is 3.52. The predicted molar refractivity (Wildman–Crippen MR) is 30.8 cm³/mol. The van der Waals surface area contributed by atoms with Crippen LogP contribution in [-0.2, 0) is 0 Å². The molecule has 0 saturated carbocycles. The predicted octanol–water partition coefficient (Wildman–Crippen LogP) is 1.15. The van der Waals surface area contributed by atoms with Gasteiger partial charge in [0.25, 0.3) is 0 Å². The van der Waals surface area contributed by atoms with Gasteiger partial charge in [0.2, 0.25) is 0 Å². The molecule has 0 bridgehead atoms. The summed E-state index contributed by atoms with van der Waals surface area (Å²) in [6.45, 7) is 7.39. The SMILES string of the molecule is C=C([CH2+])CCCO. The van der Waals surface area contributed by atoms with Gasteiger partial charge >= 0.3 is 0 Å². The molecule has 0 rings (SSSR count). The standard InChI is InChI=1S/C6H11O/c1-6(2)4-3-5-7/h7H,1-5H2/q+1. The zero-order valence-electron chi connectivity index (χ0n) is 4.48. The van der Waals surface area contributed by atoms with E-state index in [1.807, 2.05) is 0 Å². The van der Waals surface area contributed by atoms with Crippen LogP contribution < -0.4 is 0 Å². The van der Waals surface area contributed by atoms with Crippen LogP contribution >= 0.6 is 0 Å². The highest BCUT2D eigenvalue weighted by Crippen LogP contribution is 1.96. The molecule has 0 aromatic rings. The number of aliphatic hydroxyl groups is 1. The van der Waals surface area contributed by atoms with Crippen LogP contribution in [0.1, 0.15) is 12.8 Å². The normalized spacial score (nSPS) is 8.71. The lowest BCUT2D eigenvalue weighted by atomic mass is 10.2. The van der Waals surface area contributed by atoms with Crippen LogP contribution in [0.3, 0.4) is 0 Å². The minimum Gasteiger partial charge on any atom is -0.396 e. The lowest BCUT2D eigenvalue weighted by molar-refractivity contribution is 0.289. The molecule has 1 heteroatoms. The van der Waals surface area contributed by atoms with Gasteiger partial charge in [-0.3, -0.25) is 0 Å². The van der Waals surface area contributed by atoms with Crippen LogP contribution in [0, 0.1) is 6.92 Å². The third-order valence-electron chi connectivity index (χ3n) is 0.688. The number of allylic oxidation sites excluding steroid dienone is 1. The van der Waals surface area contributed by atoms with Gasteiger partial charge in [-0.15, -0.1) is 0 Å². The van der Waals surface area contributed by atoms with Crippen LogP contribution in [0.15, 0.2) is 12.2 Å². The molecule has 40 valence electrons. The smallest absolute Gasteiger partial charge is 0.0965 e. The first-order valence-electron chi connectivity index (χ1n) is 2.38. The topological polar surface area (TPSA) is 20.2 Å². The third kappa shape index (κ3) is 5.57. The maximum atomic E-state index is 8.25. The molecule has 0 saturated heterocycles. The van der Waals surface area contributed by atoms with Crippen molar-refractivity contribution in [3.63, 3.8) is 0 Å². The Labute approximate surface area is 44.7 Å². The quantitative estimate of drug-likeness (QED) is 0.526. The Morgan fingerprint density at radius 1 is 1.71 bits per heavy atom. The second kappa shape index (κ2) is 3.75. The van der Waals surface area contributed by atoms with Crippen LogP contribution in [0.4, 0.5) is 0 Å². The fourth-order valence-corrected chi connectivity index (χ4v) is 0.329. The highest BCUT2D eigenvalue weighted by Gasteiger charge is 1.88. The summed E-state index contributed by atoms with van der Waals surface area (Å²) in [6.07, 6.45) is 1.64. The molecule has 0 aromatic heterocycles. The highest BCUT2D eigenvalue weighted by molar-refractivity contribution is 4.96. The largest absolute Gasteiger partial charge is 0.396 e. The summed E-state index contributed by atoms with van der Waals surface area (Å²) in [5, 5.41) is 8.25. The Morgan fingerprint density at radius 2 is 2.29 bits per heavy atom. The molecule has 0 heterocycles. The van der Waals surface area contributed by atoms with E-state index in [-0.39, 0.29) is 6.61 Å². The van der Waals surface area contributed by atoms with Gasteiger partial charge in [-0.2, -0.15) is 0 Å². The Hall–Kier alpha value is -0.430. The van der Waals surface area contributed by atoms with Crippen LogP contribution in [0.2, 0.25) is 0 Å². The van der Waals surface area contributed by atoms with Gasteiger partial charge in [-0.25, -0.2) is 0 Å². The van der Waals surface area contributed by atoms with E-state index >= 15 is 0 Å². The van der Waals surface area contributed by atoms with Gasteiger partial charge in [0.15, 0.2) is 0 Å². The average molecular weight is 99.2 g/mol. The van der Waals surface area contributed by atoms with Crippen molar-refractivity contribution in [2.75, 3.05) is 6.61 Å². The van der Waals surface area contributed by atoms with Crippen molar-refractivity contribution in [2.45, 2.75) is 12.8 Å². The van der Waals surface area contributed by atoms with Crippen molar-refractivity contribution in [3.05, 3.63) is 19.1 Å². The second-order valence-corrected chi connectivity index (χ2v) is 1.58. The summed E-state index contributed by atoms with van der Waals surface area (Å²) >= 11 is 0. The minimum atomic E-state index is 0.245. The molecule has 0 radical (unpaired) electrons. The van der Waals surface area contributed by atoms with E-state index in [0.29, 0.717) is 0 Å². The van der Waals surface area contributed by atoms with Gasteiger partial charge in [-0.1, -0.05) is 0 Å². The summed E-state index contributed by atoms with van der Waals surface area (Å²) in [6, 6.07) is 0. The Morgan fingerprint density at radius 3 is 2.43 bits per heavy atom. The van der Waals surface area contributed by atoms with E-state index in [1.165, 1.54) is 0 Å². The molecule has 0 atom stereocenters. The van der Waals surface area contributed by atoms with Crippen molar-refractivity contribution >= 4 is 0 Å². The van der Waals surface area contributed by atoms with Gasteiger partial charge in [0.05, 0.1) is 5.57 Å². The maximum Gasteiger partial charge on any atom is 0.0965 e. The lowest BCUT2D eigenvalue weighted by Gasteiger charge is -1.85. The number of hydrogen-bond acceptors (Lipinski definition) is 1. The van der Waals surface area contributed by atoms with E-state index in [1.54, 1.807) is 0 Å². The summed E-state index contributed by atoms with van der Waals surface area (Å²) in [4.78, 5) is 0. The van der Waals surface area contributed by atoms with Crippen molar-refractivity contribution in [1.82, 2.24) is 0 Å². The molecule has 0 aliphatic rings. The average Bonchev–Trinajstić information content (AvgIpc) is 1.61. The van der Waals surface area contributed by atoms with Crippen molar-refractivity contribution in [2.24, 2.45) is 0 Å². The highest BCUT2D eigenvalue weighted by atomic mass is 16.2. The van der Waals surface area contributed by atoms with E-state index in [9.17, 15) is 0 Å². The van der Waals surface area contributed by atoms with Crippen LogP contribution in [0.25, 0.3) is 0 Å². The molecule has 1 N–H and O–H groups in total.